The first kappa shape index (κ1) is 38.2. The van der Waals surface area contributed by atoms with Crippen LogP contribution in [0.5, 0.6) is 0 Å². The van der Waals surface area contributed by atoms with Gasteiger partial charge in [-0.1, -0.05) is 145 Å². The average Bonchev–Trinajstić information content (AvgIpc) is 3.60. The Kier molecular flexibility index (Phi) is 8.64. The van der Waals surface area contributed by atoms with Crippen molar-refractivity contribution in [3.05, 3.63) is 124 Å². The number of hydrogen-bond acceptors (Lipinski definition) is 0. The van der Waals surface area contributed by atoms with Crippen molar-refractivity contribution in [1.29, 1.82) is 0 Å². The first-order valence-corrected chi connectivity index (χ1v) is 21.1. The molecule has 9 rings (SSSR count). The molecule has 0 atom stereocenters. The van der Waals surface area contributed by atoms with E-state index in [-0.39, 0.29) is 21.7 Å². The summed E-state index contributed by atoms with van der Waals surface area (Å²) in [5, 5.41) is 10.7. The van der Waals surface area contributed by atoms with Crippen LogP contribution in [0.3, 0.4) is 0 Å². The molecule has 0 N–H and O–H groups in total. The largest absolute Gasteiger partial charge is 0.0755 e. The van der Waals surface area contributed by atoms with Gasteiger partial charge in [0.1, 0.15) is 0 Å². The van der Waals surface area contributed by atoms with Crippen molar-refractivity contribution in [2.24, 2.45) is 5.41 Å². The van der Waals surface area contributed by atoms with E-state index in [4.69, 9.17) is 0 Å². The molecule has 0 radical (unpaired) electrons. The Morgan fingerprint density at radius 2 is 0.839 bits per heavy atom. The van der Waals surface area contributed by atoms with Gasteiger partial charge in [0.15, 0.2) is 0 Å². The van der Waals surface area contributed by atoms with Crippen molar-refractivity contribution >= 4 is 48.7 Å². The molecule has 0 aliphatic heterocycles. The zero-order chi connectivity index (χ0) is 40.4. The van der Waals surface area contributed by atoms with Gasteiger partial charge in [0.25, 0.3) is 0 Å². The predicted octanol–water partition coefficient (Wildman–Crippen LogP) is 17.0. The van der Waals surface area contributed by atoms with Gasteiger partial charge in [-0.3, -0.25) is 0 Å². The summed E-state index contributed by atoms with van der Waals surface area (Å²) in [6.45, 7) is 34.4. The van der Waals surface area contributed by atoms with E-state index in [1.807, 2.05) is 13.8 Å². The van der Waals surface area contributed by atoms with Crippen molar-refractivity contribution in [2.75, 3.05) is 0 Å². The van der Waals surface area contributed by atoms with E-state index < -0.39 is 0 Å². The maximum absolute atomic E-state index is 2.53. The maximum atomic E-state index is 2.53. The quantitative estimate of drug-likeness (QED) is 0.147. The third-order valence-corrected chi connectivity index (χ3v) is 12.4. The Hall–Kier alpha value is -4.68. The van der Waals surface area contributed by atoms with Crippen LogP contribution in [-0.2, 0) is 16.2 Å². The lowest BCUT2D eigenvalue weighted by atomic mass is 9.81. The third kappa shape index (κ3) is 6.11. The van der Waals surface area contributed by atoms with Crippen molar-refractivity contribution in [3.63, 3.8) is 0 Å². The Morgan fingerprint density at radius 1 is 0.411 bits per heavy atom. The minimum atomic E-state index is 0.0563. The van der Waals surface area contributed by atoms with Crippen LogP contribution < -0.4 is 0 Å². The minimum Gasteiger partial charge on any atom is -0.0755 e. The van der Waals surface area contributed by atoms with Gasteiger partial charge in [-0.25, -0.2) is 0 Å². The van der Waals surface area contributed by atoms with Crippen molar-refractivity contribution in [3.8, 4) is 33.4 Å². The molecule has 0 amide bonds. The van der Waals surface area contributed by atoms with Crippen molar-refractivity contribution in [1.82, 2.24) is 0 Å². The number of allylic oxidation sites excluding steroid dienone is 1. The topological polar surface area (TPSA) is 0 Å². The standard InChI is InChI=1S/C54H56.C2H6/c1-30-20-34(52(5,6)7)25-46-42-23-31-14-17-38-37(40(31)28-44(42)39(49(30)46)18-19-51(2,3)4)16-15-32-24-43-45(29-41(32)38)48-27-36(54(11,12)13)22-33-21-35(53(8,9)10)26-47(43)50(33)48;1-2/h14-18,20-29H,19H2,1-13H3;1-2H3/b39-18-;. The SMILES string of the molecule is CC.Cc1cc(C(C)(C)C)cc2c1/C(=C\CC(C)(C)C)c1cc3c(ccc4c5cc6c(cc5ccc34)-c3cc(C(C)(C)C)cc4cc(C(C)(C)C)cc-6c34)cc1-2. The predicted molar refractivity (Wildman–Crippen MR) is 250 cm³/mol. The average molecular weight is 735 g/mol. The van der Waals surface area contributed by atoms with Crippen LogP contribution in [-0.4, -0.2) is 0 Å². The Balaban J connectivity index is 0.00000217. The summed E-state index contributed by atoms with van der Waals surface area (Å²) < 4.78 is 0. The first-order valence-electron chi connectivity index (χ1n) is 21.1. The molecule has 0 bridgehead atoms. The van der Waals surface area contributed by atoms with Crippen LogP contribution in [0.15, 0.2) is 91.0 Å². The Bertz CT molecular complexity index is 2800. The molecule has 0 saturated carbocycles. The van der Waals surface area contributed by atoms with E-state index in [0.717, 1.165) is 6.42 Å². The van der Waals surface area contributed by atoms with Crippen LogP contribution in [0.25, 0.3) is 82.0 Å². The summed E-state index contributed by atoms with van der Waals surface area (Å²) in [5.74, 6) is 0. The van der Waals surface area contributed by atoms with E-state index in [0.29, 0.717) is 0 Å². The normalized spacial score (nSPS) is 14.4. The van der Waals surface area contributed by atoms with Gasteiger partial charge in [0.2, 0.25) is 0 Å². The lowest BCUT2D eigenvalue weighted by Gasteiger charge is -2.23. The van der Waals surface area contributed by atoms with Crippen LogP contribution in [0, 0.1) is 12.3 Å². The highest BCUT2D eigenvalue weighted by molar-refractivity contribution is 6.23. The molecule has 0 saturated heterocycles. The van der Waals surface area contributed by atoms with E-state index in [1.165, 1.54) is 115 Å². The summed E-state index contributed by atoms with van der Waals surface area (Å²) in [4.78, 5) is 0. The molecule has 7 aromatic carbocycles. The fourth-order valence-corrected chi connectivity index (χ4v) is 9.21. The number of aryl methyl sites for hydroxylation is 1. The molecule has 2 aliphatic carbocycles. The van der Waals surface area contributed by atoms with E-state index >= 15 is 0 Å². The fraction of sp³-hybridized carbons (Fsp3) is 0.357. The molecule has 0 aromatic heterocycles. The number of rotatable bonds is 1. The van der Waals surface area contributed by atoms with Crippen LogP contribution in [0.1, 0.15) is 137 Å². The first-order chi connectivity index (χ1) is 26.2. The van der Waals surface area contributed by atoms with E-state index in [1.54, 1.807) is 0 Å². The molecule has 0 unspecified atom stereocenters. The van der Waals surface area contributed by atoms with Gasteiger partial charge in [0.05, 0.1) is 0 Å². The smallest absolute Gasteiger partial charge is 0.00260 e. The molecule has 0 spiro atoms. The summed E-state index contributed by atoms with van der Waals surface area (Å²) >= 11 is 0. The number of benzene rings is 7. The van der Waals surface area contributed by atoms with Crippen molar-refractivity contribution < 1.29 is 0 Å². The van der Waals surface area contributed by atoms with Crippen LogP contribution in [0.4, 0.5) is 0 Å². The molecule has 0 fully saturated rings. The second kappa shape index (κ2) is 12.7. The summed E-state index contributed by atoms with van der Waals surface area (Å²) in [7, 11) is 0. The molecule has 56 heavy (non-hydrogen) atoms. The zero-order valence-corrected chi connectivity index (χ0v) is 36.9. The molecule has 0 nitrogen and oxygen atoms in total. The lowest BCUT2D eigenvalue weighted by molar-refractivity contribution is 0.421. The molecule has 286 valence electrons. The summed E-state index contributed by atoms with van der Waals surface area (Å²) in [6.07, 6.45) is 3.56. The highest BCUT2D eigenvalue weighted by Crippen LogP contribution is 2.53. The van der Waals surface area contributed by atoms with Crippen molar-refractivity contribution in [2.45, 2.75) is 127 Å². The lowest BCUT2D eigenvalue weighted by Crippen LogP contribution is -2.12. The maximum Gasteiger partial charge on any atom is -0.00260 e. The highest BCUT2D eigenvalue weighted by Gasteiger charge is 2.31. The molecular formula is C56H62. The van der Waals surface area contributed by atoms with Crippen LogP contribution >= 0.6 is 0 Å². The zero-order valence-electron chi connectivity index (χ0n) is 36.9. The molecule has 0 heterocycles. The minimum absolute atomic E-state index is 0.0563. The summed E-state index contributed by atoms with van der Waals surface area (Å²) in [6, 6.07) is 34.3. The van der Waals surface area contributed by atoms with Gasteiger partial charge in [-0.15, -0.1) is 0 Å². The van der Waals surface area contributed by atoms with E-state index in [2.05, 4.69) is 181 Å². The van der Waals surface area contributed by atoms with Gasteiger partial charge in [-0.2, -0.15) is 0 Å². The molecular weight excluding hydrogens is 673 g/mol. The molecule has 2 aliphatic rings. The van der Waals surface area contributed by atoms with Crippen LogP contribution in [0.2, 0.25) is 0 Å². The summed E-state index contributed by atoms with van der Waals surface area (Å²) in [5.41, 5.74) is 18.5. The van der Waals surface area contributed by atoms with E-state index in [9.17, 15) is 0 Å². The monoisotopic (exact) mass is 734 g/mol. The van der Waals surface area contributed by atoms with Gasteiger partial charge >= 0.3 is 0 Å². The number of fused-ring (bicyclic) bond motifs is 11. The second-order valence-corrected chi connectivity index (χ2v) is 21.0. The highest BCUT2D eigenvalue weighted by atomic mass is 14.3. The van der Waals surface area contributed by atoms with Gasteiger partial charge < -0.3 is 0 Å². The Labute approximate surface area is 337 Å². The van der Waals surface area contributed by atoms with Gasteiger partial charge in [-0.05, 0) is 193 Å². The molecule has 0 heteroatoms. The second-order valence-electron chi connectivity index (χ2n) is 21.0. The third-order valence-electron chi connectivity index (χ3n) is 12.4. The number of hydrogen-bond donors (Lipinski definition) is 0. The Morgan fingerprint density at radius 3 is 1.32 bits per heavy atom. The molecule has 7 aromatic rings. The fourth-order valence-electron chi connectivity index (χ4n) is 9.21. The van der Waals surface area contributed by atoms with Gasteiger partial charge in [0, 0.05) is 0 Å².